The first-order chi connectivity index (χ1) is 15.9. The highest BCUT2D eigenvalue weighted by molar-refractivity contribution is 7.10. The summed E-state index contributed by atoms with van der Waals surface area (Å²) in [6, 6.07) is 10.4. The van der Waals surface area contributed by atoms with Crippen molar-refractivity contribution < 1.29 is 14.3 Å². The van der Waals surface area contributed by atoms with Crippen LogP contribution < -0.4 is 19.8 Å². The number of fused-ring (bicyclic) bond motifs is 2. The Kier molecular flexibility index (Phi) is 5.22. The molecule has 9 heteroatoms. The summed E-state index contributed by atoms with van der Waals surface area (Å²) in [5.41, 5.74) is 2.26. The molecule has 4 heterocycles. The second-order valence-corrected chi connectivity index (χ2v) is 9.52. The number of carbonyl (C=O) groups is 2. The number of hydrogen-bond donors (Lipinski definition) is 0. The lowest BCUT2D eigenvalue weighted by molar-refractivity contribution is -0.138. The molecule has 1 atom stereocenters. The van der Waals surface area contributed by atoms with Gasteiger partial charge in [-0.05, 0) is 24.4 Å². The van der Waals surface area contributed by atoms with Crippen molar-refractivity contribution in [2.24, 2.45) is 4.99 Å². The molecule has 7 nitrogen and oxygen atoms in total. The monoisotopic (exact) mass is 477 g/mol. The molecule has 1 aromatic carbocycles. The number of rotatable bonds is 4. The van der Waals surface area contributed by atoms with Gasteiger partial charge in [-0.25, -0.2) is 9.79 Å². The van der Waals surface area contributed by atoms with E-state index in [9.17, 15) is 14.4 Å². The zero-order chi connectivity index (χ0) is 23.3. The number of esters is 1. The van der Waals surface area contributed by atoms with Gasteiger partial charge in [-0.15, -0.1) is 11.3 Å². The lowest BCUT2D eigenvalue weighted by Gasteiger charge is -2.23. The number of thiophene rings is 1. The van der Waals surface area contributed by atoms with E-state index >= 15 is 0 Å². The van der Waals surface area contributed by atoms with Crippen LogP contribution in [0.4, 0.5) is 5.69 Å². The van der Waals surface area contributed by atoms with Gasteiger partial charge in [-0.3, -0.25) is 14.2 Å². The number of anilines is 1. The highest BCUT2D eigenvalue weighted by Crippen LogP contribution is 2.35. The van der Waals surface area contributed by atoms with Crippen LogP contribution in [-0.4, -0.2) is 30.1 Å². The maximum atomic E-state index is 13.8. The van der Waals surface area contributed by atoms with Crippen molar-refractivity contribution in [2.75, 3.05) is 18.6 Å². The molecule has 0 spiro atoms. The van der Waals surface area contributed by atoms with Gasteiger partial charge in [0.15, 0.2) is 4.80 Å². The predicted octanol–water partition coefficient (Wildman–Crippen LogP) is 2.37. The van der Waals surface area contributed by atoms with Crippen LogP contribution >= 0.6 is 22.7 Å². The quantitative estimate of drug-likeness (QED) is 0.427. The second-order valence-electron chi connectivity index (χ2n) is 7.56. The van der Waals surface area contributed by atoms with Gasteiger partial charge in [0.25, 0.3) is 11.5 Å². The Morgan fingerprint density at radius 1 is 1.24 bits per heavy atom. The van der Waals surface area contributed by atoms with Gasteiger partial charge < -0.3 is 9.64 Å². The summed E-state index contributed by atoms with van der Waals surface area (Å²) in [6.07, 6.45) is 1.49. The molecule has 0 N–H and O–H groups in total. The molecule has 2 aliphatic heterocycles. The second kappa shape index (κ2) is 8.09. The maximum Gasteiger partial charge on any atom is 0.338 e. The molecule has 0 radical (unpaired) electrons. The van der Waals surface area contributed by atoms with Crippen LogP contribution in [0, 0.1) is 0 Å². The van der Waals surface area contributed by atoms with E-state index in [1.165, 1.54) is 33.3 Å². The molecule has 2 aliphatic rings. The molecule has 166 valence electrons. The Morgan fingerprint density at radius 3 is 2.76 bits per heavy atom. The Bertz CT molecular complexity index is 1530. The topological polar surface area (TPSA) is 81.0 Å². The van der Waals surface area contributed by atoms with Crippen molar-refractivity contribution >= 4 is 45.8 Å². The fourth-order valence-electron chi connectivity index (χ4n) is 4.15. The summed E-state index contributed by atoms with van der Waals surface area (Å²) in [5.74, 6) is -0.787. The van der Waals surface area contributed by atoms with Crippen LogP contribution in [0.3, 0.4) is 0 Å². The molecule has 3 aromatic rings. The van der Waals surface area contributed by atoms with Gasteiger partial charge in [-0.2, -0.15) is 0 Å². The average Bonchev–Trinajstić information content (AvgIpc) is 3.50. The Morgan fingerprint density at radius 2 is 2.03 bits per heavy atom. The predicted molar refractivity (Wildman–Crippen MR) is 128 cm³/mol. The molecular weight excluding hydrogens is 458 g/mol. The van der Waals surface area contributed by atoms with Crippen molar-refractivity contribution in [1.29, 1.82) is 0 Å². The molecule has 33 heavy (non-hydrogen) atoms. The van der Waals surface area contributed by atoms with E-state index in [-0.39, 0.29) is 18.1 Å². The van der Waals surface area contributed by atoms with E-state index < -0.39 is 12.0 Å². The first-order valence-corrected chi connectivity index (χ1v) is 11.9. The highest BCUT2D eigenvalue weighted by atomic mass is 32.1. The van der Waals surface area contributed by atoms with E-state index in [0.29, 0.717) is 31.7 Å². The summed E-state index contributed by atoms with van der Waals surface area (Å²) in [5, 5.41) is 1.89. The lowest BCUT2D eigenvalue weighted by atomic mass is 10.0. The number of aromatic nitrogens is 1. The van der Waals surface area contributed by atoms with Crippen LogP contribution in [-0.2, 0) is 14.3 Å². The number of carbonyl (C=O) groups excluding carboxylic acids is 2. The minimum absolute atomic E-state index is 0.0545. The van der Waals surface area contributed by atoms with E-state index in [1.54, 1.807) is 18.9 Å². The third kappa shape index (κ3) is 3.23. The fourth-order valence-corrected chi connectivity index (χ4v) is 6.11. The maximum absolute atomic E-state index is 13.8. The molecule has 1 unspecified atom stereocenters. The normalized spacial score (nSPS) is 18.7. The molecule has 2 aromatic heterocycles. The molecule has 0 bridgehead atoms. The van der Waals surface area contributed by atoms with Crippen molar-refractivity contribution in [3.8, 4) is 0 Å². The zero-order valence-electron chi connectivity index (χ0n) is 17.9. The number of nitrogens with zero attached hydrogens (tertiary/aromatic N) is 3. The average molecular weight is 478 g/mol. The van der Waals surface area contributed by atoms with Crippen molar-refractivity contribution in [3.63, 3.8) is 0 Å². The SMILES string of the molecule is C=CCOC(=O)C1=C(C)N=c2s/c(=C3\C(=O)N(C)c4ccccc43)c(=O)n2C1c1cccs1. The third-order valence-corrected chi connectivity index (χ3v) is 7.62. The molecular formula is C24H19N3O4S2. The van der Waals surface area contributed by atoms with Gasteiger partial charge in [0.2, 0.25) is 0 Å². The number of benzene rings is 1. The molecule has 5 rings (SSSR count). The summed E-state index contributed by atoms with van der Waals surface area (Å²) < 4.78 is 7.14. The largest absolute Gasteiger partial charge is 0.458 e. The smallest absolute Gasteiger partial charge is 0.338 e. The number of allylic oxidation sites excluding steroid dienone is 1. The van der Waals surface area contributed by atoms with Crippen LogP contribution in [0.15, 0.2) is 75.5 Å². The third-order valence-electron chi connectivity index (χ3n) is 5.64. The fraction of sp³-hybridized carbons (Fsp3) is 0.167. The number of para-hydroxylation sites is 1. The van der Waals surface area contributed by atoms with Crippen LogP contribution in [0.2, 0.25) is 0 Å². The Hall–Kier alpha value is -3.56. The standard InChI is InChI=1S/C24H19N3O4S2/c1-4-11-31-23(30)17-13(2)25-24-27(19(17)16-10-7-12-32-16)22(29)20(33-24)18-14-8-5-6-9-15(14)26(3)21(18)28/h4-10,12,19H,1,11H2,2-3H3/b20-18-. The van der Waals surface area contributed by atoms with Gasteiger partial charge in [-0.1, -0.05) is 48.3 Å². The van der Waals surface area contributed by atoms with Crippen molar-refractivity contribution in [3.05, 3.63) is 95.8 Å². The van der Waals surface area contributed by atoms with E-state index in [2.05, 4.69) is 11.6 Å². The van der Waals surface area contributed by atoms with Crippen LogP contribution in [0.25, 0.3) is 5.57 Å². The number of likely N-dealkylation sites (N-methyl/N-ethyl adjacent to an activating group) is 1. The van der Waals surface area contributed by atoms with Gasteiger partial charge in [0.05, 0.1) is 22.5 Å². The van der Waals surface area contributed by atoms with E-state index in [4.69, 9.17) is 4.74 Å². The van der Waals surface area contributed by atoms with Gasteiger partial charge >= 0.3 is 5.97 Å². The zero-order valence-corrected chi connectivity index (χ0v) is 19.5. The van der Waals surface area contributed by atoms with Crippen LogP contribution in [0.5, 0.6) is 0 Å². The summed E-state index contributed by atoms with van der Waals surface area (Å²) in [4.78, 5) is 47.2. The molecule has 0 saturated carbocycles. The summed E-state index contributed by atoms with van der Waals surface area (Å²) in [6.45, 7) is 5.37. The first-order valence-electron chi connectivity index (χ1n) is 10.2. The first kappa shape index (κ1) is 21.3. The number of ether oxygens (including phenoxy) is 1. The Balaban J connectivity index is 1.80. The number of thiazole rings is 1. The number of amides is 1. The van der Waals surface area contributed by atoms with E-state index in [1.807, 2.05) is 41.8 Å². The summed E-state index contributed by atoms with van der Waals surface area (Å²) in [7, 11) is 1.69. The minimum Gasteiger partial charge on any atom is -0.458 e. The van der Waals surface area contributed by atoms with Crippen molar-refractivity contribution in [1.82, 2.24) is 4.57 Å². The highest BCUT2D eigenvalue weighted by Gasteiger charge is 2.36. The van der Waals surface area contributed by atoms with Gasteiger partial charge in [0, 0.05) is 17.5 Å². The molecule has 0 saturated heterocycles. The van der Waals surface area contributed by atoms with Crippen molar-refractivity contribution in [2.45, 2.75) is 13.0 Å². The summed E-state index contributed by atoms with van der Waals surface area (Å²) >= 11 is 2.61. The molecule has 1 amide bonds. The minimum atomic E-state index is -0.683. The Labute approximate surface area is 196 Å². The number of hydrogen-bond acceptors (Lipinski definition) is 7. The molecule has 0 aliphatic carbocycles. The van der Waals surface area contributed by atoms with Gasteiger partial charge in [0.1, 0.15) is 17.2 Å². The molecule has 0 fully saturated rings. The van der Waals surface area contributed by atoms with E-state index in [0.717, 1.165) is 10.6 Å². The lowest BCUT2D eigenvalue weighted by Crippen LogP contribution is -2.40. The van der Waals surface area contributed by atoms with Crippen LogP contribution in [0.1, 0.15) is 23.4 Å².